The second kappa shape index (κ2) is 5.83. The van der Waals surface area contributed by atoms with E-state index in [1.54, 1.807) is 6.07 Å². The van der Waals surface area contributed by atoms with Gasteiger partial charge in [-0.2, -0.15) is 0 Å². The predicted octanol–water partition coefficient (Wildman–Crippen LogP) is 2.71. The maximum Gasteiger partial charge on any atom is 0.244 e. The number of halogens is 1. The summed E-state index contributed by atoms with van der Waals surface area (Å²) in [4.78, 5) is -0.0747. The van der Waals surface area contributed by atoms with E-state index in [0.717, 1.165) is 11.1 Å². The van der Waals surface area contributed by atoms with E-state index in [1.165, 1.54) is 12.1 Å². The van der Waals surface area contributed by atoms with Gasteiger partial charge in [0.2, 0.25) is 10.0 Å². The Kier molecular flexibility index (Phi) is 4.32. The quantitative estimate of drug-likeness (QED) is 0.853. The molecule has 2 aromatic rings. The van der Waals surface area contributed by atoms with Crippen LogP contribution < -0.4 is 10.5 Å². The first-order chi connectivity index (χ1) is 9.40. The normalized spacial score (nSPS) is 11.5. The van der Waals surface area contributed by atoms with Crippen LogP contribution in [0.3, 0.4) is 0 Å². The summed E-state index contributed by atoms with van der Waals surface area (Å²) >= 11 is 5.92. The first-order valence-electron chi connectivity index (χ1n) is 5.99. The Morgan fingerprint density at radius 3 is 2.55 bits per heavy atom. The highest BCUT2D eigenvalue weighted by Crippen LogP contribution is 2.26. The fourth-order valence-electron chi connectivity index (χ4n) is 1.88. The highest BCUT2D eigenvalue weighted by atomic mass is 35.5. The Morgan fingerprint density at radius 1 is 1.20 bits per heavy atom. The zero-order chi connectivity index (χ0) is 14.8. The number of aryl methyl sites for hydroxylation is 1. The van der Waals surface area contributed by atoms with Gasteiger partial charge in [-0.3, -0.25) is 0 Å². The van der Waals surface area contributed by atoms with Crippen molar-refractivity contribution < 1.29 is 8.42 Å². The third-order valence-electron chi connectivity index (χ3n) is 2.81. The van der Waals surface area contributed by atoms with Gasteiger partial charge in [-0.15, -0.1) is 0 Å². The van der Waals surface area contributed by atoms with Crippen LogP contribution in [-0.4, -0.2) is 8.42 Å². The van der Waals surface area contributed by atoms with Crippen LogP contribution in [0.4, 0.5) is 5.69 Å². The van der Waals surface area contributed by atoms with Gasteiger partial charge >= 0.3 is 0 Å². The molecule has 0 saturated carbocycles. The zero-order valence-electron chi connectivity index (χ0n) is 10.9. The maximum atomic E-state index is 12.3. The Balaban J connectivity index is 2.24. The predicted molar refractivity (Wildman–Crippen MR) is 81.1 cm³/mol. The fourth-order valence-corrected chi connectivity index (χ4v) is 3.57. The SMILES string of the molecule is Cc1cccc(CNS(=O)(=O)c2c(N)cccc2Cl)c1. The summed E-state index contributed by atoms with van der Waals surface area (Å²) in [6.07, 6.45) is 0. The summed E-state index contributed by atoms with van der Waals surface area (Å²) in [5.74, 6) is 0. The van der Waals surface area contributed by atoms with E-state index in [4.69, 9.17) is 17.3 Å². The van der Waals surface area contributed by atoms with Crippen LogP contribution in [0.1, 0.15) is 11.1 Å². The van der Waals surface area contributed by atoms with Gasteiger partial charge in [0.1, 0.15) is 4.90 Å². The molecule has 0 spiro atoms. The van der Waals surface area contributed by atoms with Gasteiger partial charge in [0.05, 0.1) is 10.7 Å². The molecule has 2 rings (SSSR count). The molecule has 0 aromatic heterocycles. The van der Waals surface area contributed by atoms with Crippen molar-refractivity contribution in [3.05, 3.63) is 58.6 Å². The van der Waals surface area contributed by atoms with Crippen LogP contribution in [-0.2, 0) is 16.6 Å². The standard InChI is InChI=1S/C14H15ClN2O2S/c1-10-4-2-5-11(8-10)9-17-20(18,19)14-12(15)6-3-7-13(14)16/h2-8,17H,9,16H2,1H3. The van der Waals surface area contributed by atoms with Crippen LogP contribution in [0.2, 0.25) is 5.02 Å². The molecule has 0 fully saturated rings. The largest absolute Gasteiger partial charge is 0.398 e. The lowest BCUT2D eigenvalue weighted by Gasteiger charge is -2.11. The second-order valence-electron chi connectivity index (χ2n) is 4.47. The third-order valence-corrected chi connectivity index (χ3v) is 4.76. The summed E-state index contributed by atoms with van der Waals surface area (Å²) < 4.78 is 27.0. The van der Waals surface area contributed by atoms with Crippen molar-refractivity contribution in [3.8, 4) is 0 Å². The van der Waals surface area contributed by atoms with Crippen LogP contribution in [0.5, 0.6) is 0 Å². The Hall–Kier alpha value is -1.56. The molecular weight excluding hydrogens is 296 g/mol. The molecule has 0 radical (unpaired) electrons. The van der Waals surface area contributed by atoms with Gasteiger partial charge < -0.3 is 5.73 Å². The molecule has 20 heavy (non-hydrogen) atoms. The van der Waals surface area contributed by atoms with Gasteiger partial charge in [0, 0.05) is 6.54 Å². The lowest BCUT2D eigenvalue weighted by atomic mass is 10.1. The van der Waals surface area contributed by atoms with E-state index in [9.17, 15) is 8.42 Å². The number of nitrogen functional groups attached to an aromatic ring is 1. The average molecular weight is 311 g/mol. The first-order valence-corrected chi connectivity index (χ1v) is 7.85. The van der Waals surface area contributed by atoms with Gasteiger partial charge in [0.15, 0.2) is 0 Å². The van der Waals surface area contributed by atoms with Crippen molar-refractivity contribution in [3.63, 3.8) is 0 Å². The van der Waals surface area contributed by atoms with Crippen LogP contribution >= 0.6 is 11.6 Å². The van der Waals surface area contributed by atoms with E-state index < -0.39 is 10.0 Å². The zero-order valence-corrected chi connectivity index (χ0v) is 12.5. The van der Waals surface area contributed by atoms with E-state index in [1.807, 2.05) is 31.2 Å². The molecule has 0 bridgehead atoms. The van der Waals surface area contributed by atoms with Crippen molar-refractivity contribution in [1.29, 1.82) is 0 Å². The molecule has 0 aliphatic heterocycles. The smallest absolute Gasteiger partial charge is 0.244 e. The highest BCUT2D eigenvalue weighted by molar-refractivity contribution is 7.89. The van der Waals surface area contributed by atoms with E-state index >= 15 is 0 Å². The number of hydrogen-bond acceptors (Lipinski definition) is 3. The molecule has 0 aliphatic carbocycles. The lowest BCUT2D eigenvalue weighted by molar-refractivity contribution is 0.582. The maximum absolute atomic E-state index is 12.3. The number of rotatable bonds is 4. The van der Waals surface area contributed by atoms with Crippen molar-refractivity contribution >= 4 is 27.3 Å². The molecule has 0 heterocycles. The minimum Gasteiger partial charge on any atom is -0.398 e. The molecule has 0 atom stereocenters. The highest BCUT2D eigenvalue weighted by Gasteiger charge is 2.20. The summed E-state index contributed by atoms with van der Waals surface area (Å²) in [5, 5.41) is 0.113. The second-order valence-corrected chi connectivity index (χ2v) is 6.58. The van der Waals surface area contributed by atoms with Crippen molar-refractivity contribution in [2.75, 3.05) is 5.73 Å². The molecule has 6 heteroatoms. The summed E-state index contributed by atoms with van der Waals surface area (Å²) in [6.45, 7) is 2.14. The summed E-state index contributed by atoms with van der Waals surface area (Å²) in [5.41, 5.74) is 7.77. The molecule has 106 valence electrons. The van der Waals surface area contributed by atoms with Crippen molar-refractivity contribution in [2.24, 2.45) is 0 Å². The number of benzene rings is 2. The number of nitrogens with two attached hydrogens (primary N) is 1. The lowest BCUT2D eigenvalue weighted by Crippen LogP contribution is -2.24. The Morgan fingerprint density at radius 2 is 1.90 bits per heavy atom. The summed E-state index contributed by atoms with van der Waals surface area (Å²) in [6, 6.07) is 12.2. The molecule has 4 nitrogen and oxygen atoms in total. The Labute approximate surface area is 123 Å². The summed E-state index contributed by atoms with van der Waals surface area (Å²) in [7, 11) is -3.74. The fraction of sp³-hybridized carbons (Fsp3) is 0.143. The Bertz CT molecular complexity index is 709. The number of hydrogen-bond donors (Lipinski definition) is 2. The topological polar surface area (TPSA) is 72.2 Å². The number of sulfonamides is 1. The van der Waals surface area contributed by atoms with Crippen LogP contribution in [0.25, 0.3) is 0 Å². The molecule has 2 aromatic carbocycles. The van der Waals surface area contributed by atoms with E-state index in [2.05, 4.69) is 4.72 Å². The molecular formula is C14H15ClN2O2S. The van der Waals surface area contributed by atoms with Gasteiger partial charge in [-0.05, 0) is 24.6 Å². The van der Waals surface area contributed by atoms with Crippen LogP contribution in [0, 0.1) is 6.92 Å². The van der Waals surface area contributed by atoms with Crippen molar-refractivity contribution in [1.82, 2.24) is 4.72 Å². The molecule has 0 amide bonds. The van der Waals surface area contributed by atoms with Crippen molar-refractivity contribution in [2.45, 2.75) is 18.4 Å². The molecule has 3 N–H and O–H groups in total. The molecule has 0 aliphatic rings. The minimum atomic E-state index is -3.74. The van der Waals surface area contributed by atoms with Crippen LogP contribution in [0.15, 0.2) is 47.4 Å². The molecule has 0 saturated heterocycles. The minimum absolute atomic E-state index is 0.0747. The first kappa shape index (κ1) is 14.8. The van der Waals surface area contributed by atoms with Gasteiger partial charge in [0.25, 0.3) is 0 Å². The number of nitrogens with one attached hydrogen (secondary N) is 1. The monoisotopic (exact) mass is 310 g/mol. The van der Waals surface area contributed by atoms with Gasteiger partial charge in [-0.1, -0.05) is 47.5 Å². The third kappa shape index (κ3) is 3.30. The van der Waals surface area contributed by atoms with E-state index in [-0.39, 0.29) is 22.2 Å². The molecule has 0 unspecified atom stereocenters. The van der Waals surface area contributed by atoms with Gasteiger partial charge in [-0.25, -0.2) is 13.1 Å². The number of anilines is 1. The van der Waals surface area contributed by atoms with E-state index in [0.29, 0.717) is 0 Å². The average Bonchev–Trinajstić information content (AvgIpc) is 2.36.